The molecule has 1 fully saturated rings. The zero-order valence-electron chi connectivity index (χ0n) is 18.7. The minimum atomic E-state index is -4.77. The summed E-state index contributed by atoms with van der Waals surface area (Å²) < 4.78 is 70.4. The van der Waals surface area contributed by atoms with Crippen molar-refractivity contribution >= 4 is 21.6 Å². The number of sulfonamides is 1. The molecule has 0 radical (unpaired) electrons. The summed E-state index contributed by atoms with van der Waals surface area (Å²) in [6.45, 7) is 4.22. The Morgan fingerprint density at radius 3 is 2.18 bits per heavy atom. The Kier molecular flexibility index (Phi) is 6.28. The van der Waals surface area contributed by atoms with Crippen LogP contribution in [0.1, 0.15) is 30.2 Å². The number of carbonyl (C=O) groups excluding carboxylic acids is 1. The van der Waals surface area contributed by atoms with Gasteiger partial charge in [-0.2, -0.15) is 4.31 Å². The number of piperazine rings is 1. The van der Waals surface area contributed by atoms with Gasteiger partial charge in [-0.1, -0.05) is 24.3 Å². The van der Waals surface area contributed by atoms with Crippen LogP contribution < -0.4 is 15.4 Å². The van der Waals surface area contributed by atoms with Crippen LogP contribution in [0, 0.1) is 5.92 Å². The zero-order chi connectivity index (χ0) is 24.8. The Morgan fingerprint density at radius 1 is 1.03 bits per heavy atom. The number of alkyl halides is 3. The molecule has 1 amide bonds. The van der Waals surface area contributed by atoms with Crippen LogP contribution in [-0.2, 0) is 21.2 Å². The van der Waals surface area contributed by atoms with Crippen molar-refractivity contribution in [3.8, 4) is 5.75 Å². The molecule has 0 saturated carbocycles. The minimum absolute atomic E-state index is 0.282. The molecule has 2 aromatic carbocycles. The highest BCUT2D eigenvalue weighted by molar-refractivity contribution is 7.89. The highest BCUT2D eigenvalue weighted by atomic mass is 32.2. The predicted molar refractivity (Wildman–Crippen MR) is 121 cm³/mol. The van der Waals surface area contributed by atoms with E-state index in [0.717, 1.165) is 5.56 Å². The molecular weight excluding hydrogens is 471 g/mol. The van der Waals surface area contributed by atoms with Gasteiger partial charge >= 0.3 is 6.36 Å². The molecule has 1 aliphatic heterocycles. The third-order valence-corrected chi connectivity index (χ3v) is 8.95. The number of carbonyl (C=O) groups is 1. The molecule has 1 heterocycles. The Balaban J connectivity index is 1.57. The molecule has 0 aromatic heterocycles. The number of benzene rings is 2. The van der Waals surface area contributed by atoms with Gasteiger partial charge in [-0.25, -0.2) is 8.42 Å². The number of rotatable bonds is 5. The summed E-state index contributed by atoms with van der Waals surface area (Å²) in [5, 5.41) is -1.04. The Morgan fingerprint density at radius 2 is 1.62 bits per heavy atom. The Bertz CT molecular complexity index is 1160. The van der Waals surface area contributed by atoms with Crippen molar-refractivity contribution in [1.82, 2.24) is 4.31 Å². The summed E-state index contributed by atoms with van der Waals surface area (Å²) in [6, 6.07) is 11.7. The van der Waals surface area contributed by atoms with E-state index in [1.54, 1.807) is 32.0 Å². The minimum Gasteiger partial charge on any atom is -0.406 e. The van der Waals surface area contributed by atoms with E-state index in [4.69, 9.17) is 5.73 Å². The topological polar surface area (TPSA) is 92.9 Å². The maximum Gasteiger partial charge on any atom is 0.573 e. The molecule has 2 unspecified atom stereocenters. The van der Waals surface area contributed by atoms with Crippen LogP contribution in [0.4, 0.5) is 18.9 Å². The van der Waals surface area contributed by atoms with Crippen molar-refractivity contribution in [2.75, 3.05) is 18.0 Å². The number of nitrogens with two attached hydrogens (primary N) is 1. The van der Waals surface area contributed by atoms with Crippen LogP contribution in [-0.4, -0.2) is 50.2 Å². The van der Waals surface area contributed by atoms with Crippen LogP contribution in [0.2, 0.25) is 0 Å². The molecule has 7 nitrogen and oxygen atoms in total. The third-order valence-electron chi connectivity index (χ3n) is 6.42. The van der Waals surface area contributed by atoms with Crippen molar-refractivity contribution in [1.29, 1.82) is 0 Å². The first kappa shape index (κ1) is 24.3. The average molecular weight is 498 g/mol. The lowest BCUT2D eigenvalue weighted by Crippen LogP contribution is -2.59. The van der Waals surface area contributed by atoms with Crippen molar-refractivity contribution in [2.45, 2.75) is 44.0 Å². The van der Waals surface area contributed by atoms with Gasteiger partial charge in [0.25, 0.3) is 0 Å². The summed E-state index contributed by atoms with van der Waals surface area (Å²) in [4.78, 5) is 14.1. The second kappa shape index (κ2) is 8.77. The largest absolute Gasteiger partial charge is 0.573 e. The summed E-state index contributed by atoms with van der Waals surface area (Å²) in [5.74, 6) is -1.82. The lowest BCUT2D eigenvalue weighted by Gasteiger charge is -2.45. The molecular formula is C23H26F3N3O4S. The first-order valence-electron chi connectivity index (χ1n) is 10.9. The number of anilines is 1. The van der Waals surface area contributed by atoms with Crippen LogP contribution in [0.25, 0.3) is 0 Å². The molecule has 1 aliphatic carbocycles. The zero-order valence-corrected chi connectivity index (χ0v) is 19.5. The molecule has 4 atom stereocenters. The Labute approximate surface area is 196 Å². The lowest BCUT2D eigenvalue weighted by molar-refractivity contribution is -0.274. The summed E-state index contributed by atoms with van der Waals surface area (Å²) in [7, 11) is -3.94. The van der Waals surface area contributed by atoms with Gasteiger partial charge in [-0.3, -0.25) is 4.79 Å². The molecule has 0 bridgehead atoms. The van der Waals surface area contributed by atoms with Crippen LogP contribution in [0.15, 0.2) is 48.5 Å². The molecule has 184 valence electrons. The third kappa shape index (κ3) is 4.58. The van der Waals surface area contributed by atoms with Crippen molar-refractivity contribution in [3.63, 3.8) is 0 Å². The number of halogens is 3. The summed E-state index contributed by atoms with van der Waals surface area (Å²) in [5.41, 5.74) is 7.67. The number of hydrogen-bond donors (Lipinski definition) is 1. The highest BCUT2D eigenvalue weighted by Crippen LogP contribution is 2.44. The van der Waals surface area contributed by atoms with Gasteiger partial charge < -0.3 is 15.4 Å². The fraction of sp³-hybridized carbons (Fsp3) is 0.435. The van der Waals surface area contributed by atoms with E-state index < -0.39 is 45.5 Å². The lowest BCUT2D eigenvalue weighted by atomic mass is 10.1. The van der Waals surface area contributed by atoms with Crippen LogP contribution >= 0.6 is 0 Å². The maximum atomic E-state index is 13.9. The van der Waals surface area contributed by atoms with Gasteiger partial charge in [0.05, 0.1) is 5.92 Å². The second-order valence-electron chi connectivity index (χ2n) is 8.85. The van der Waals surface area contributed by atoms with Gasteiger partial charge in [0.2, 0.25) is 15.9 Å². The molecule has 0 spiro atoms. The molecule has 11 heteroatoms. The van der Waals surface area contributed by atoms with Crippen molar-refractivity contribution in [2.24, 2.45) is 11.7 Å². The first-order valence-corrected chi connectivity index (χ1v) is 12.4. The van der Waals surface area contributed by atoms with E-state index in [2.05, 4.69) is 4.74 Å². The smallest absolute Gasteiger partial charge is 0.406 e. The first-order chi connectivity index (χ1) is 15.9. The van der Waals surface area contributed by atoms with Gasteiger partial charge in [-0.15, -0.1) is 13.2 Å². The van der Waals surface area contributed by atoms with Gasteiger partial charge in [0, 0.05) is 30.9 Å². The molecule has 34 heavy (non-hydrogen) atoms. The van der Waals surface area contributed by atoms with Gasteiger partial charge in [0.1, 0.15) is 11.0 Å². The summed E-state index contributed by atoms with van der Waals surface area (Å²) in [6.07, 6.45) is -4.49. The average Bonchev–Trinajstić information content (AvgIpc) is 3.13. The van der Waals surface area contributed by atoms with Crippen LogP contribution in [0.5, 0.6) is 5.75 Å². The second-order valence-corrected chi connectivity index (χ2v) is 10.8. The van der Waals surface area contributed by atoms with Crippen molar-refractivity contribution < 1.29 is 31.1 Å². The van der Waals surface area contributed by atoms with E-state index in [1.807, 2.05) is 11.0 Å². The van der Waals surface area contributed by atoms with Gasteiger partial charge in [0.15, 0.2) is 0 Å². The molecule has 2 aromatic rings. The number of ether oxygens (including phenoxy) is 1. The maximum absolute atomic E-state index is 13.9. The summed E-state index contributed by atoms with van der Waals surface area (Å²) >= 11 is 0. The quantitative estimate of drug-likeness (QED) is 0.685. The number of fused-ring (bicyclic) bond motifs is 1. The monoisotopic (exact) mass is 497 g/mol. The SMILES string of the molecule is CC1CN(c2ccc(OC(F)(F)F)cc2)CC(C)N1S(=O)(=O)[C@@H]1c2ccccc2C[C@@H]1C(N)=O. The van der Waals surface area contributed by atoms with Gasteiger partial charge in [-0.05, 0) is 55.7 Å². The normalized spacial score (nSPS) is 25.7. The number of amides is 1. The van der Waals surface area contributed by atoms with E-state index in [0.29, 0.717) is 24.3 Å². The number of nitrogens with zero attached hydrogens (tertiary/aromatic N) is 2. The van der Waals surface area contributed by atoms with E-state index >= 15 is 0 Å². The number of primary amides is 1. The van der Waals surface area contributed by atoms with E-state index in [9.17, 15) is 26.4 Å². The molecule has 4 rings (SSSR count). The standard InChI is InChI=1S/C23H26F3N3O4S/c1-14-12-28(17-7-9-18(10-8-17)33-23(24,25)26)13-15(2)29(14)34(31,32)21-19-6-4-3-5-16(19)11-20(21)22(27)30/h3-10,14-15,20-21H,11-13H2,1-2H3,(H2,27,30)/t14?,15?,20-,21+/m0/s1. The highest BCUT2D eigenvalue weighted by Gasteiger charge is 2.50. The number of hydrogen-bond acceptors (Lipinski definition) is 5. The molecule has 2 N–H and O–H groups in total. The predicted octanol–water partition coefficient (Wildman–Crippen LogP) is 3.21. The fourth-order valence-corrected chi connectivity index (χ4v) is 7.78. The van der Waals surface area contributed by atoms with E-state index in [-0.39, 0.29) is 12.2 Å². The van der Waals surface area contributed by atoms with E-state index in [1.165, 1.54) is 28.6 Å². The van der Waals surface area contributed by atoms with Crippen molar-refractivity contribution in [3.05, 3.63) is 59.7 Å². The van der Waals surface area contributed by atoms with Crippen LogP contribution in [0.3, 0.4) is 0 Å². The molecule has 1 saturated heterocycles. The Hall–Kier alpha value is -2.79. The molecule has 2 aliphatic rings. The fourth-order valence-electron chi connectivity index (χ4n) is 5.19.